The lowest BCUT2D eigenvalue weighted by atomic mass is 9.89. The van der Waals surface area contributed by atoms with Crippen molar-refractivity contribution >= 4 is 17.4 Å². The van der Waals surface area contributed by atoms with Gasteiger partial charge >= 0.3 is 0 Å². The van der Waals surface area contributed by atoms with Gasteiger partial charge in [0.1, 0.15) is 16.9 Å². The van der Waals surface area contributed by atoms with E-state index < -0.39 is 16.4 Å². The van der Waals surface area contributed by atoms with E-state index in [-0.39, 0.29) is 41.5 Å². The summed E-state index contributed by atoms with van der Waals surface area (Å²) in [5.74, 6) is 0.327. The van der Waals surface area contributed by atoms with Crippen LogP contribution in [0.4, 0.5) is 5.69 Å². The van der Waals surface area contributed by atoms with E-state index in [0.717, 1.165) is 0 Å². The van der Waals surface area contributed by atoms with Gasteiger partial charge in [-0.1, -0.05) is 12.1 Å². The fraction of sp³-hybridized carbons (Fsp3) is 0.333. The summed E-state index contributed by atoms with van der Waals surface area (Å²) >= 11 is 0. The molecule has 0 N–H and O–H groups in total. The molecule has 4 rings (SSSR count). The number of nitro groups is 1. The predicted molar refractivity (Wildman–Crippen MR) is 105 cm³/mol. The van der Waals surface area contributed by atoms with E-state index in [4.69, 9.17) is 14.2 Å². The smallest absolute Gasteiger partial charge is 0.286 e. The first-order valence-electron chi connectivity index (χ1n) is 9.38. The molecule has 1 saturated heterocycles. The number of rotatable bonds is 4. The average Bonchev–Trinajstić information content (AvgIpc) is 3.14. The Kier molecular flexibility index (Phi) is 4.81. The van der Waals surface area contributed by atoms with Crippen LogP contribution in [0.15, 0.2) is 36.4 Å². The molecule has 0 aromatic heterocycles. The normalized spacial score (nSPS) is 19.9. The van der Waals surface area contributed by atoms with Crippen molar-refractivity contribution in [2.24, 2.45) is 0 Å². The van der Waals surface area contributed by atoms with E-state index in [2.05, 4.69) is 0 Å². The van der Waals surface area contributed by atoms with Crippen LogP contribution in [0, 0.1) is 10.1 Å². The number of hydrogen-bond acceptors (Lipinski definition) is 7. The van der Waals surface area contributed by atoms with Gasteiger partial charge in [0, 0.05) is 19.0 Å². The number of nitro benzene ring substituents is 1. The van der Waals surface area contributed by atoms with Gasteiger partial charge in [0.2, 0.25) is 0 Å². The van der Waals surface area contributed by atoms with Gasteiger partial charge in [-0.05, 0) is 12.1 Å². The molecule has 1 amide bonds. The van der Waals surface area contributed by atoms with Crippen LogP contribution in [0.3, 0.4) is 0 Å². The molecule has 156 valence electrons. The first-order chi connectivity index (χ1) is 14.4. The van der Waals surface area contributed by atoms with Gasteiger partial charge in [-0.2, -0.15) is 0 Å². The Balaban J connectivity index is 1.63. The topological polar surface area (TPSA) is 108 Å². The molecule has 2 aromatic rings. The number of amides is 1. The Morgan fingerprint density at radius 1 is 1.20 bits per heavy atom. The quantitative estimate of drug-likeness (QED) is 0.561. The summed E-state index contributed by atoms with van der Waals surface area (Å²) in [6.45, 7) is 0.483. The van der Waals surface area contributed by atoms with Gasteiger partial charge < -0.3 is 19.1 Å². The van der Waals surface area contributed by atoms with Gasteiger partial charge in [-0.25, -0.2) is 0 Å². The molecule has 9 heteroatoms. The molecule has 0 aliphatic carbocycles. The number of Topliss-reactive ketones (excluding diaryl/α,β-unsaturated/α-hetero) is 1. The number of fused-ring (bicyclic) bond motifs is 1. The largest absolute Gasteiger partial charge is 0.493 e. The third kappa shape index (κ3) is 3.22. The Labute approximate surface area is 172 Å². The third-order valence-electron chi connectivity index (χ3n) is 5.53. The molecule has 1 fully saturated rings. The summed E-state index contributed by atoms with van der Waals surface area (Å²) in [5, 5.41) is 11.6. The number of hydrogen-bond donors (Lipinski definition) is 0. The zero-order valence-corrected chi connectivity index (χ0v) is 16.5. The highest BCUT2D eigenvalue weighted by atomic mass is 16.6. The highest BCUT2D eigenvalue weighted by molar-refractivity contribution is 6.01. The highest BCUT2D eigenvalue weighted by Gasteiger charge is 2.47. The van der Waals surface area contributed by atoms with Crippen molar-refractivity contribution in [1.29, 1.82) is 0 Å². The molecule has 0 bridgehead atoms. The maximum Gasteiger partial charge on any atom is 0.286 e. The lowest BCUT2D eigenvalue weighted by Crippen LogP contribution is -2.45. The second kappa shape index (κ2) is 7.33. The van der Waals surface area contributed by atoms with Crippen molar-refractivity contribution in [2.75, 3.05) is 27.3 Å². The van der Waals surface area contributed by atoms with Crippen LogP contribution in [0.2, 0.25) is 0 Å². The van der Waals surface area contributed by atoms with Crippen molar-refractivity contribution in [3.63, 3.8) is 0 Å². The number of para-hydroxylation sites is 1. The Morgan fingerprint density at radius 2 is 1.90 bits per heavy atom. The number of likely N-dealkylation sites (tertiary alicyclic amines) is 1. The molecule has 0 saturated carbocycles. The van der Waals surface area contributed by atoms with E-state index in [1.807, 2.05) is 0 Å². The van der Waals surface area contributed by atoms with Gasteiger partial charge in [-0.3, -0.25) is 19.7 Å². The maximum absolute atomic E-state index is 13.2. The second-order valence-electron chi connectivity index (χ2n) is 7.34. The molecule has 2 heterocycles. The molecule has 1 spiro atoms. The summed E-state index contributed by atoms with van der Waals surface area (Å²) < 4.78 is 16.4. The summed E-state index contributed by atoms with van der Waals surface area (Å²) in [4.78, 5) is 38.2. The number of nitrogens with zero attached hydrogens (tertiary/aromatic N) is 2. The maximum atomic E-state index is 13.2. The van der Waals surface area contributed by atoms with E-state index in [1.54, 1.807) is 24.3 Å². The average molecular weight is 412 g/mol. The van der Waals surface area contributed by atoms with Crippen LogP contribution in [0.25, 0.3) is 0 Å². The van der Waals surface area contributed by atoms with Crippen LogP contribution in [-0.2, 0) is 0 Å². The molecule has 1 unspecified atom stereocenters. The monoisotopic (exact) mass is 412 g/mol. The standard InChI is InChI=1S/C21H20N2O7/c1-28-18-9-14(15(23(26)27)10-19(18)29-2)20(25)22-8-7-21(12-22)11-16(24)13-5-3-4-6-17(13)30-21/h3-6,9-10H,7-8,11-12H2,1-2H3. The molecule has 2 aliphatic heterocycles. The van der Waals surface area contributed by atoms with Crippen LogP contribution in [-0.4, -0.2) is 54.4 Å². The Bertz CT molecular complexity index is 1050. The van der Waals surface area contributed by atoms with Crippen LogP contribution in [0.1, 0.15) is 33.6 Å². The molecule has 30 heavy (non-hydrogen) atoms. The minimum Gasteiger partial charge on any atom is -0.493 e. The molecule has 2 aliphatic rings. The third-order valence-corrected chi connectivity index (χ3v) is 5.53. The van der Waals surface area contributed by atoms with Crippen LogP contribution in [0.5, 0.6) is 17.2 Å². The van der Waals surface area contributed by atoms with Crippen molar-refractivity contribution in [2.45, 2.75) is 18.4 Å². The highest BCUT2D eigenvalue weighted by Crippen LogP contribution is 2.40. The Morgan fingerprint density at radius 3 is 2.60 bits per heavy atom. The molecule has 9 nitrogen and oxygen atoms in total. The zero-order valence-electron chi connectivity index (χ0n) is 16.5. The van der Waals surface area contributed by atoms with Gasteiger partial charge in [0.05, 0.1) is 43.7 Å². The fourth-order valence-electron chi connectivity index (χ4n) is 4.05. The SMILES string of the molecule is COc1cc(C(=O)N2CCC3(CC(=O)c4ccccc4O3)C2)c([N+](=O)[O-])cc1OC. The van der Waals surface area contributed by atoms with E-state index >= 15 is 0 Å². The fourth-order valence-corrected chi connectivity index (χ4v) is 4.05. The minimum absolute atomic E-state index is 0.0387. The predicted octanol–water partition coefficient (Wildman–Crippen LogP) is 2.86. The number of benzene rings is 2. The van der Waals surface area contributed by atoms with Crippen molar-refractivity contribution in [3.05, 3.63) is 57.6 Å². The molecule has 2 aromatic carbocycles. The van der Waals surface area contributed by atoms with Crippen LogP contribution < -0.4 is 14.2 Å². The first-order valence-corrected chi connectivity index (χ1v) is 9.38. The number of ether oxygens (including phenoxy) is 3. The summed E-state index contributed by atoms with van der Waals surface area (Å²) in [6.07, 6.45) is 0.613. The van der Waals surface area contributed by atoms with Gasteiger partial charge in [-0.15, -0.1) is 0 Å². The minimum atomic E-state index is -0.827. The number of ketones is 1. The zero-order chi connectivity index (χ0) is 21.5. The number of methoxy groups -OCH3 is 2. The van der Waals surface area contributed by atoms with E-state index in [9.17, 15) is 19.7 Å². The van der Waals surface area contributed by atoms with Crippen molar-refractivity contribution in [1.82, 2.24) is 4.90 Å². The Hall–Kier alpha value is -3.62. The molecule has 0 radical (unpaired) electrons. The molecule has 1 atom stereocenters. The summed E-state index contributed by atoms with van der Waals surface area (Å²) in [5.41, 5.74) is -0.767. The summed E-state index contributed by atoms with van der Waals surface area (Å²) in [6, 6.07) is 9.50. The lowest BCUT2D eigenvalue weighted by Gasteiger charge is -2.34. The molecular weight excluding hydrogens is 392 g/mol. The van der Waals surface area contributed by atoms with Crippen molar-refractivity contribution < 1.29 is 28.7 Å². The second-order valence-corrected chi connectivity index (χ2v) is 7.34. The summed E-state index contributed by atoms with van der Waals surface area (Å²) in [7, 11) is 2.75. The van der Waals surface area contributed by atoms with Gasteiger partial charge in [0.25, 0.3) is 11.6 Å². The van der Waals surface area contributed by atoms with E-state index in [0.29, 0.717) is 24.3 Å². The van der Waals surface area contributed by atoms with Crippen LogP contribution >= 0.6 is 0 Å². The van der Waals surface area contributed by atoms with Crippen molar-refractivity contribution in [3.8, 4) is 17.2 Å². The number of carbonyl (C=O) groups excluding carboxylic acids is 2. The lowest BCUT2D eigenvalue weighted by molar-refractivity contribution is -0.385. The molecular formula is C21H20N2O7. The van der Waals surface area contributed by atoms with Gasteiger partial charge in [0.15, 0.2) is 17.3 Å². The first kappa shape index (κ1) is 19.7. The number of carbonyl (C=O) groups is 2. The van der Waals surface area contributed by atoms with E-state index in [1.165, 1.54) is 31.3 Å².